The fourth-order valence-electron chi connectivity index (χ4n) is 9.33. The van der Waals surface area contributed by atoms with E-state index in [1.165, 1.54) is 0 Å². The van der Waals surface area contributed by atoms with E-state index in [1.54, 1.807) is 22.4 Å². The molecule has 18 heteroatoms. The second-order valence-electron chi connectivity index (χ2n) is 19.0. The van der Waals surface area contributed by atoms with Gasteiger partial charge >= 0.3 is 0 Å². The van der Waals surface area contributed by atoms with Gasteiger partial charge in [-0.05, 0) is 89.5 Å². The average Bonchev–Trinajstić information content (AvgIpc) is 4.07. The zero-order valence-electron chi connectivity index (χ0n) is 41.6. The number of nitrogens with zero attached hydrogens (tertiary/aromatic N) is 6. The number of rotatable bonds is 24. The molecule has 2 aliphatic heterocycles. The van der Waals surface area contributed by atoms with Gasteiger partial charge in [0.25, 0.3) is 0 Å². The average molecular weight is 1070 g/mol. The summed E-state index contributed by atoms with van der Waals surface area (Å²) in [7, 11) is 1.88. The number of β-amino-alcohol motifs (C(OH)–C–C–N with tert-alkyl or cyclic N) is 1. The summed E-state index contributed by atoms with van der Waals surface area (Å²) in [5, 5.41) is 20.5. The highest BCUT2D eigenvalue weighted by atomic mass is 79.9. The molecule has 16 nitrogen and oxygen atoms in total. The molecule has 3 amide bonds. The van der Waals surface area contributed by atoms with Gasteiger partial charge in [0.2, 0.25) is 23.7 Å². The minimum atomic E-state index is -0.829. The molecule has 2 fully saturated rings. The van der Waals surface area contributed by atoms with Crippen molar-refractivity contribution in [2.75, 3.05) is 63.7 Å². The Hall–Kier alpha value is -6.08. The number of aliphatic hydroxyl groups excluding tert-OH is 1. The molecule has 3 aliphatic rings. The number of carbonyl (C=O) groups is 3. The number of anilines is 3. The number of likely N-dealkylation sites (tertiary alicyclic amines) is 1. The number of hydrogen-bond donors (Lipinski definition) is 4. The second kappa shape index (κ2) is 24.6. The van der Waals surface area contributed by atoms with E-state index in [-0.39, 0.29) is 55.7 Å². The smallest absolute Gasteiger partial charge is 0.246 e. The van der Waals surface area contributed by atoms with Gasteiger partial charge in [-0.15, -0.1) is 11.3 Å². The number of carbonyl (C=O) groups excluding carboxylic acids is 3. The SMILES string of the molecule is C=C1c2ccccc2CN1[C@H](C(=O)N1C[C@H](O)C[C@H]1C(=O)NCc1ccc(-c2scnc2C)cc1OCCOCCCOc1ccc(Nc2ncc(Br)c(NCCCN(C)C(=O)C3CCC3)n2)cc1)C(C)C. The highest BCUT2D eigenvalue weighted by molar-refractivity contribution is 9.10. The van der Waals surface area contributed by atoms with Gasteiger partial charge in [0.15, 0.2) is 0 Å². The third-order valence-corrected chi connectivity index (χ3v) is 15.0. The zero-order valence-corrected chi connectivity index (χ0v) is 44.0. The minimum absolute atomic E-state index is 0.0697. The fraction of sp³-hybridized carbons (Fsp3) is 0.444. The first kappa shape index (κ1) is 52.2. The highest BCUT2D eigenvalue weighted by Crippen LogP contribution is 2.37. The van der Waals surface area contributed by atoms with Crippen LogP contribution in [0.5, 0.6) is 11.5 Å². The summed E-state index contributed by atoms with van der Waals surface area (Å²) in [5.74, 6) is 2.31. The van der Waals surface area contributed by atoms with E-state index in [1.807, 2.05) is 104 Å². The van der Waals surface area contributed by atoms with Crippen molar-refractivity contribution in [3.63, 3.8) is 0 Å². The summed E-state index contributed by atoms with van der Waals surface area (Å²) in [6, 6.07) is 20.1. The fourth-order valence-corrected chi connectivity index (χ4v) is 10.5. The summed E-state index contributed by atoms with van der Waals surface area (Å²) in [4.78, 5) is 60.7. The Morgan fingerprint density at radius 3 is 2.54 bits per heavy atom. The molecular weight excluding hydrogens is 999 g/mol. The molecule has 5 aromatic rings. The Bertz CT molecular complexity index is 2680. The van der Waals surface area contributed by atoms with Crippen LogP contribution in [0.4, 0.5) is 17.5 Å². The maximum atomic E-state index is 14.4. The predicted molar refractivity (Wildman–Crippen MR) is 284 cm³/mol. The lowest BCUT2D eigenvalue weighted by Gasteiger charge is -2.36. The van der Waals surface area contributed by atoms with Gasteiger partial charge in [-0.25, -0.2) is 9.97 Å². The van der Waals surface area contributed by atoms with Gasteiger partial charge in [0.1, 0.15) is 36.0 Å². The van der Waals surface area contributed by atoms with Crippen LogP contribution in [0.25, 0.3) is 16.1 Å². The number of aliphatic hydroxyl groups is 1. The van der Waals surface area contributed by atoms with Crippen LogP contribution in [0, 0.1) is 18.8 Å². The van der Waals surface area contributed by atoms with Gasteiger partial charge in [0, 0.05) is 93.8 Å². The number of aromatic nitrogens is 3. The molecule has 8 rings (SSSR count). The van der Waals surface area contributed by atoms with Crippen molar-refractivity contribution < 1.29 is 33.7 Å². The number of thiazole rings is 1. The lowest BCUT2D eigenvalue weighted by atomic mass is 9.84. The molecule has 72 heavy (non-hydrogen) atoms. The van der Waals surface area contributed by atoms with E-state index >= 15 is 0 Å². The summed E-state index contributed by atoms with van der Waals surface area (Å²) < 4.78 is 19.0. The molecule has 0 radical (unpaired) electrons. The Morgan fingerprint density at radius 2 is 1.81 bits per heavy atom. The molecule has 4 N–H and O–H groups in total. The Balaban J connectivity index is 0.778. The predicted octanol–water partition coefficient (Wildman–Crippen LogP) is 8.43. The van der Waals surface area contributed by atoms with Crippen LogP contribution in [0.1, 0.15) is 74.8 Å². The van der Waals surface area contributed by atoms with E-state index in [2.05, 4.69) is 59.5 Å². The van der Waals surface area contributed by atoms with Crippen molar-refractivity contribution in [1.29, 1.82) is 0 Å². The standard InChI is InChI=1S/C54H66BrN9O7S/c1-34(2)48(63-31-40-11-6-7-14-44(40)36(63)4)53(68)64-32-42(65)28-46(64)51(66)57-29-39-16-15-38(49-35(3)59-33-72-49)27-47(39)71-26-25-69-23-10-24-70-43-19-17-41(18-20-43)60-54-58-30-45(55)50(61-54)56-21-9-22-62(5)52(67)37-12-8-13-37/h6-7,11,14-20,27,30,33-34,37,42,46,48,65H,4,8-10,12-13,21-26,28-29,31-32H2,1-3,5H3,(H,57,66)(H2,56,58,60,61)/t42-,46+,48+/m1/s1. The summed E-state index contributed by atoms with van der Waals surface area (Å²) in [6.45, 7) is 14.0. The molecule has 1 saturated carbocycles. The van der Waals surface area contributed by atoms with Gasteiger partial charge in [-0.1, -0.05) is 63.2 Å². The first-order valence-electron chi connectivity index (χ1n) is 24.9. The third-order valence-electron chi connectivity index (χ3n) is 13.5. The lowest BCUT2D eigenvalue weighted by Crippen LogP contribution is -2.54. The lowest BCUT2D eigenvalue weighted by molar-refractivity contribution is -0.143. The van der Waals surface area contributed by atoms with Gasteiger partial charge in [-0.3, -0.25) is 14.4 Å². The normalized spacial score (nSPS) is 16.8. The van der Waals surface area contributed by atoms with Crippen LogP contribution < -0.4 is 25.4 Å². The zero-order chi connectivity index (χ0) is 50.7. The third kappa shape index (κ3) is 12.9. The molecule has 3 aromatic carbocycles. The Morgan fingerprint density at radius 1 is 1.00 bits per heavy atom. The van der Waals surface area contributed by atoms with E-state index < -0.39 is 18.2 Å². The van der Waals surface area contributed by atoms with Crippen molar-refractivity contribution in [3.05, 3.63) is 112 Å². The summed E-state index contributed by atoms with van der Waals surface area (Å²) in [5.41, 5.74) is 8.18. The van der Waals surface area contributed by atoms with E-state index in [0.717, 1.165) is 80.1 Å². The summed E-state index contributed by atoms with van der Waals surface area (Å²) >= 11 is 5.08. The van der Waals surface area contributed by atoms with Crippen molar-refractivity contribution in [2.24, 2.45) is 11.8 Å². The molecule has 0 spiro atoms. The Labute approximate surface area is 434 Å². The molecule has 2 aromatic heterocycles. The number of amides is 3. The quantitative estimate of drug-likeness (QED) is 0.0433. The molecule has 1 aliphatic carbocycles. The number of hydrogen-bond acceptors (Lipinski definition) is 14. The van der Waals surface area contributed by atoms with E-state index in [9.17, 15) is 19.5 Å². The number of fused-ring (bicyclic) bond motifs is 1. The molecule has 3 atom stereocenters. The van der Waals surface area contributed by atoms with Gasteiger partial charge < -0.3 is 50.0 Å². The van der Waals surface area contributed by atoms with Crippen LogP contribution in [0.15, 0.2) is 89.5 Å². The van der Waals surface area contributed by atoms with Crippen molar-refractivity contribution in [2.45, 2.75) is 90.6 Å². The van der Waals surface area contributed by atoms with Crippen LogP contribution in [-0.2, 0) is 32.2 Å². The molecule has 0 unspecified atom stereocenters. The van der Waals surface area contributed by atoms with E-state index in [0.29, 0.717) is 63.4 Å². The van der Waals surface area contributed by atoms with Crippen LogP contribution in [0.2, 0.25) is 0 Å². The number of ether oxygens (including phenoxy) is 3. The van der Waals surface area contributed by atoms with Crippen LogP contribution in [-0.4, -0.2) is 124 Å². The Kier molecular flexibility index (Phi) is 17.8. The highest BCUT2D eigenvalue weighted by Gasteiger charge is 2.44. The molecule has 382 valence electrons. The number of halogens is 1. The van der Waals surface area contributed by atoms with Crippen molar-refractivity contribution >= 4 is 68.1 Å². The summed E-state index contributed by atoms with van der Waals surface area (Å²) in [6.07, 6.45) is 5.67. The number of nitrogens with one attached hydrogen (secondary N) is 3. The van der Waals surface area contributed by atoms with Gasteiger partial charge in [0.05, 0.1) is 39.9 Å². The maximum Gasteiger partial charge on any atom is 0.246 e. The van der Waals surface area contributed by atoms with Crippen molar-refractivity contribution in [1.82, 2.24) is 35.0 Å². The van der Waals surface area contributed by atoms with E-state index in [4.69, 9.17) is 14.2 Å². The molecule has 4 heterocycles. The first-order chi connectivity index (χ1) is 34.8. The van der Waals surface area contributed by atoms with Crippen LogP contribution in [0.3, 0.4) is 0 Å². The molecule has 0 bridgehead atoms. The van der Waals surface area contributed by atoms with Gasteiger partial charge in [-0.2, -0.15) is 4.98 Å². The minimum Gasteiger partial charge on any atom is -0.494 e. The topological polar surface area (TPSA) is 184 Å². The second-order valence-corrected chi connectivity index (χ2v) is 20.7. The number of aryl methyl sites for hydroxylation is 1. The largest absolute Gasteiger partial charge is 0.494 e. The van der Waals surface area contributed by atoms with Crippen molar-refractivity contribution in [3.8, 4) is 21.9 Å². The maximum absolute atomic E-state index is 14.4. The first-order valence-corrected chi connectivity index (χ1v) is 26.6. The molecule has 1 saturated heterocycles. The molecular formula is C54H66BrN9O7S. The monoisotopic (exact) mass is 1060 g/mol. The van der Waals surface area contributed by atoms with Crippen LogP contribution >= 0.6 is 27.3 Å². The number of benzene rings is 3.